The molecule has 3 aromatic rings. The number of rotatable bonds is 11. The van der Waals surface area contributed by atoms with Crippen molar-refractivity contribution in [1.82, 2.24) is 10.2 Å². The number of carbonyl (C=O) groups is 2. The number of hydrogen-bond donors (Lipinski definition) is 1. The molecule has 2 aromatic carbocycles. The smallest absolute Gasteiger partial charge is 0.290 e. The van der Waals surface area contributed by atoms with E-state index in [-0.39, 0.29) is 24.3 Å². The highest BCUT2D eigenvalue weighted by atomic mass is 16.5. The summed E-state index contributed by atoms with van der Waals surface area (Å²) in [5.74, 6) is 1.20. The van der Waals surface area contributed by atoms with E-state index in [1.54, 1.807) is 31.4 Å². The largest absolute Gasteiger partial charge is 0.497 e. The first kappa shape index (κ1) is 26.9. The number of ether oxygens (including phenoxy) is 4. The molecule has 1 N–H and O–H groups in total. The lowest BCUT2D eigenvalue weighted by atomic mass is 10.0. The normalized spacial score (nSPS) is 14.0. The average Bonchev–Trinajstić information content (AvgIpc) is 3.66. The quantitative estimate of drug-likeness (QED) is 0.388. The second-order valence-electron chi connectivity index (χ2n) is 9.11. The highest BCUT2D eigenvalue weighted by molar-refractivity contribution is 5.96. The van der Waals surface area contributed by atoms with Gasteiger partial charge in [0, 0.05) is 12.6 Å². The van der Waals surface area contributed by atoms with Crippen molar-refractivity contribution >= 4 is 11.8 Å². The minimum absolute atomic E-state index is 0.0458. The summed E-state index contributed by atoms with van der Waals surface area (Å²) >= 11 is 0. The lowest BCUT2D eigenvalue weighted by Gasteiger charge is -2.32. The molecule has 0 saturated heterocycles. The Morgan fingerprint density at radius 2 is 1.66 bits per heavy atom. The summed E-state index contributed by atoms with van der Waals surface area (Å²) < 4.78 is 27.5. The highest BCUT2D eigenvalue weighted by Gasteiger charge is 2.36. The van der Waals surface area contributed by atoms with Crippen LogP contribution < -0.4 is 24.3 Å². The summed E-state index contributed by atoms with van der Waals surface area (Å²) in [5.41, 5.74) is 1.30. The monoisotopic (exact) mass is 522 g/mol. The molecule has 0 radical (unpaired) electrons. The Labute approximate surface area is 222 Å². The van der Waals surface area contributed by atoms with E-state index in [9.17, 15) is 9.59 Å². The van der Waals surface area contributed by atoms with Gasteiger partial charge in [0.2, 0.25) is 11.7 Å². The number of benzene rings is 2. The van der Waals surface area contributed by atoms with Gasteiger partial charge in [0.1, 0.15) is 11.8 Å². The number of nitrogens with zero attached hydrogens (tertiary/aromatic N) is 1. The van der Waals surface area contributed by atoms with E-state index in [1.807, 2.05) is 24.3 Å². The van der Waals surface area contributed by atoms with E-state index in [0.717, 1.165) is 31.2 Å². The summed E-state index contributed by atoms with van der Waals surface area (Å²) in [7, 11) is 6.12. The van der Waals surface area contributed by atoms with E-state index >= 15 is 0 Å². The highest BCUT2D eigenvalue weighted by Crippen LogP contribution is 2.41. The van der Waals surface area contributed by atoms with Crippen LogP contribution in [-0.2, 0) is 11.3 Å². The van der Waals surface area contributed by atoms with Crippen LogP contribution in [-0.4, -0.2) is 51.2 Å². The second kappa shape index (κ2) is 12.4. The van der Waals surface area contributed by atoms with Gasteiger partial charge in [0.05, 0.1) is 34.7 Å². The molecule has 1 saturated carbocycles. The Morgan fingerprint density at radius 3 is 2.24 bits per heavy atom. The third-order valence-corrected chi connectivity index (χ3v) is 6.74. The van der Waals surface area contributed by atoms with E-state index in [4.69, 9.17) is 23.4 Å². The molecule has 38 heavy (non-hydrogen) atoms. The summed E-state index contributed by atoms with van der Waals surface area (Å²) in [6.07, 6.45) is 5.34. The third kappa shape index (κ3) is 5.88. The predicted molar refractivity (Wildman–Crippen MR) is 141 cm³/mol. The first-order valence-electron chi connectivity index (χ1n) is 12.6. The second-order valence-corrected chi connectivity index (χ2v) is 9.11. The molecule has 0 unspecified atom stereocenters. The molecule has 1 aliphatic carbocycles. The van der Waals surface area contributed by atoms with Gasteiger partial charge < -0.3 is 33.6 Å². The molecule has 4 rings (SSSR count). The molecule has 202 valence electrons. The van der Waals surface area contributed by atoms with Gasteiger partial charge in [-0.2, -0.15) is 0 Å². The number of carbonyl (C=O) groups excluding carboxylic acids is 2. The number of furan rings is 1. The van der Waals surface area contributed by atoms with E-state index < -0.39 is 11.9 Å². The molecule has 0 spiro atoms. The Bertz CT molecular complexity index is 1210. The summed E-state index contributed by atoms with van der Waals surface area (Å²) in [6, 6.07) is 13.0. The molecule has 1 aliphatic rings. The van der Waals surface area contributed by atoms with Gasteiger partial charge in [-0.15, -0.1) is 0 Å². The molecule has 1 atom stereocenters. The fraction of sp³-hybridized carbons (Fsp3) is 0.379. The van der Waals surface area contributed by atoms with Crippen molar-refractivity contribution in [3.8, 4) is 23.0 Å². The Hall–Kier alpha value is -4.14. The Kier molecular flexibility index (Phi) is 8.78. The maximum Gasteiger partial charge on any atom is 0.290 e. The summed E-state index contributed by atoms with van der Waals surface area (Å²) in [4.78, 5) is 29.4. The lowest BCUT2D eigenvalue weighted by Crippen LogP contribution is -2.45. The third-order valence-electron chi connectivity index (χ3n) is 6.74. The summed E-state index contributed by atoms with van der Waals surface area (Å²) in [5, 5.41) is 3.17. The van der Waals surface area contributed by atoms with Crippen LogP contribution in [0.4, 0.5) is 0 Å². The van der Waals surface area contributed by atoms with Crippen molar-refractivity contribution in [2.45, 2.75) is 44.3 Å². The van der Waals surface area contributed by atoms with Gasteiger partial charge in [0.15, 0.2) is 17.3 Å². The van der Waals surface area contributed by atoms with Crippen molar-refractivity contribution in [1.29, 1.82) is 0 Å². The molecule has 9 heteroatoms. The number of nitrogens with one attached hydrogen (secondary N) is 1. The van der Waals surface area contributed by atoms with Crippen LogP contribution in [0.15, 0.2) is 59.2 Å². The summed E-state index contributed by atoms with van der Waals surface area (Å²) in [6.45, 7) is 0.121. The lowest BCUT2D eigenvalue weighted by molar-refractivity contribution is -0.126. The molecular weight excluding hydrogens is 488 g/mol. The maximum atomic E-state index is 14.0. The van der Waals surface area contributed by atoms with E-state index in [2.05, 4.69) is 5.32 Å². The van der Waals surface area contributed by atoms with Gasteiger partial charge >= 0.3 is 0 Å². The predicted octanol–water partition coefficient (Wildman–Crippen LogP) is 4.76. The van der Waals surface area contributed by atoms with E-state index in [1.165, 1.54) is 32.5 Å². The van der Waals surface area contributed by atoms with Gasteiger partial charge in [-0.25, -0.2) is 0 Å². The van der Waals surface area contributed by atoms with Crippen LogP contribution in [0.3, 0.4) is 0 Å². The molecule has 0 bridgehead atoms. The molecule has 1 fully saturated rings. The van der Waals surface area contributed by atoms with Gasteiger partial charge in [0.25, 0.3) is 5.91 Å². The van der Waals surface area contributed by atoms with Crippen LogP contribution in [0.1, 0.15) is 53.4 Å². The van der Waals surface area contributed by atoms with Gasteiger partial charge in [-0.1, -0.05) is 25.0 Å². The molecule has 9 nitrogen and oxygen atoms in total. The first-order valence-corrected chi connectivity index (χ1v) is 12.6. The van der Waals surface area contributed by atoms with Crippen molar-refractivity contribution in [3.63, 3.8) is 0 Å². The number of hydrogen-bond acceptors (Lipinski definition) is 7. The van der Waals surface area contributed by atoms with Crippen molar-refractivity contribution in [2.24, 2.45) is 0 Å². The van der Waals surface area contributed by atoms with Crippen LogP contribution in [0.2, 0.25) is 0 Å². The van der Waals surface area contributed by atoms with Crippen molar-refractivity contribution in [2.75, 3.05) is 28.4 Å². The fourth-order valence-electron chi connectivity index (χ4n) is 4.87. The minimum Gasteiger partial charge on any atom is -0.497 e. The number of amides is 2. The van der Waals surface area contributed by atoms with Crippen LogP contribution in [0.5, 0.6) is 23.0 Å². The van der Waals surface area contributed by atoms with Crippen LogP contribution >= 0.6 is 0 Å². The zero-order valence-electron chi connectivity index (χ0n) is 22.2. The van der Waals surface area contributed by atoms with Gasteiger partial charge in [-0.3, -0.25) is 9.59 Å². The van der Waals surface area contributed by atoms with Crippen LogP contribution in [0, 0.1) is 0 Å². The SMILES string of the molecule is COc1cccc(CN(C(=O)c2ccco2)[C@@H](C(=O)NC2CCCC2)c2cc(OC)c(OC)c(OC)c2)c1. The van der Waals surface area contributed by atoms with E-state index in [0.29, 0.717) is 28.6 Å². The van der Waals surface area contributed by atoms with Gasteiger partial charge in [-0.05, 0) is 60.4 Å². The molecule has 1 aromatic heterocycles. The van der Waals surface area contributed by atoms with Crippen molar-refractivity contribution in [3.05, 3.63) is 71.7 Å². The molecular formula is C29H34N2O7. The first-order chi connectivity index (χ1) is 18.5. The standard InChI is InChI=1S/C29H34N2O7/c1-34-22-12-7-9-19(15-22)18-31(29(33)23-13-8-14-38-23)26(28(32)30-21-10-5-6-11-21)20-16-24(35-2)27(37-4)25(17-20)36-3/h7-9,12-17,21,26H,5-6,10-11,18H2,1-4H3,(H,30,32)/t26-/m1/s1. The maximum absolute atomic E-state index is 14.0. The topological polar surface area (TPSA) is 99.5 Å². The Morgan fingerprint density at radius 1 is 0.947 bits per heavy atom. The Balaban J connectivity index is 1.85. The van der Waals surface area contributed by atoms with Crippen LogP contribution in [0.25, 0.3) is 0 Å². The zero-order chi connectivity index (χ0) is 27.1. The average molecular weight is 523 g/mol. The molecule has 1 heterocycles. The number of methoxy groups -OCH3 is 4. The van der Waals surface area contributed by atoms with Crippen molar-refractivity contribution < 1.29 is 33.0 Å². The molecule has 2 amide bonds. The minimum atomic E-state index is -1.02. The zero-order valence-corrected chi connectivity index (χ0v) is 22.2. The fourth-order valence-corrected chi connectivity index (χ4v) is 4.87. The molecule has 0 aliphatic heterocycles.